The molecule has 0 saturated heterocycles. The summed E-state index contributed by atoms with van der Waals surface area (Å²) in [6.45, 7) is 3.73. The Bertz CT molecular complexity index is 1420. The van der Waals surface area contributed by atoms with Gasteiger partial charge in [0.15, 0.2) is 12.1 Å². The van der Waals surface area contributed by atoms with Crippen molar-refractivity contribution in [2.75, 3.05) is 19.8 Å². The highest BCUT2D eigenvalue weighted by molar-refractivity contribution is 6.26. The van der Waals surface area contributed by atoms with Crippen molar-refractivity contribution in [1.29, 1.82) is 0 Å². The molecule has 0 heterocycles. The second-order valence-corrected chi connectivity index (χ2v) is 8.80. The SMILES string of the molecule is CCC(C)C(=O)OCCOCC(=O)CCC(=O)Oc1cc2ccc(C=O)c3ccc4cccc1c4c23. The van der Waals surface area contributed by atoms with Gasteiger partial charge in [-0.1, -0.05) is 56.3 Å². The number of rotatable bonds is 12. The number of carbonyl (C=O) groups is 4. The first kappa shape index (κ1) is 25.3. The maximum absolute atomic E-state index is 12.6. The highest BCUT2D eigenvalue weighted by Crippen LogP contribution is 2.40. The lowest BCUT2D eigenvalue weighted by atomic mass is 9.92. The third kappa shape index (κ3) is 5.36. The standard InChI is InChI=1S/C29H28O7/c1-3-18(2)29(33)35-14-13-34-17-22(31)10-12-26(32)36-25-15-20-7-8-21(16-30)23-11-9-19-5-4-6-24(25)27(19)28(20)23/h4-9,11,15-16,18H,3,10,12-14,17H2,1-2H3. The molecule has 0 aliphatic heterocycles. The van der Waals surface area contributed by atoms with Crippen LogP contribution < -0.4 is 4.74 Å². The van der Waals surface area contributed by atoms with E-state index in [1.807, 2.05) is 43.3 Å². The Morgan fingerprint density at radius 2 is 1.69 bits per heavy atom. The van der Waals surface area contributed by atoms with Gasteiger partial charge < -0.3 is 14.2 Å². The van der Waals surface area contributed by atoms with Crippen LogP contribution in [0.15, 0.2) is 48.5 Å². The van der Waals surface area contributed by atoms with Crippen molar-refractivity contribution in [2.24, 2.45) is 5.92 Å². The van der Waals surface area contributed by atoms with Gasteiger partial charge in [0.1, 0.15) is 19.0 Å². The summed E-state index contributed by atoms with van der Waals surface area (Å²) in [4.78, 5) is 47.8. The van der Waals surface area contributed by atoms with E-state index in [4.69, 9.17) is 14.2 Å². The molecule has 0 spiro atoms. The molecular weight excluding hydrogens is 460 g/mol. The molecule has 4 aromatic carbocycles. The topological polar surface area (TPSA) is 96.0 Å². The highest BCUT2D eigenvalue weighted by Gasteiger charge is 2.17. The first-order valence-corrected chi connectivity index (χ1v) is 12.0. The molecule has 0 fully saturated rings. The lowest BCUT2D eigenvalue weighted by Crippen LogP contribution is -2.19. The molecule has 7 nitrogen and oxygen atoms in total. The van der Waals surface area contributed by atoms with Gasteiger partial charge in [-0.2, -0.15) is 0 Å². The average molecular weight is 489 g/mol. The Morgan fingerprint density at radius 1 is 0.917 bits per heavy atom. The third-order valence-corrected chi connectivity index (χ3v) is 6.35. The van der Waals surface area contributed by atoms with Gasteiger partial charge in [-0.25, -0.2) is 0 Å². The molecule has 0 amide bonds. The average Bonchev–Trinajstić information content (AvgIpc) is 2.90. The van der Waals surface area contributed by atoms with E-state index in [0.717, 1.165) is 38.6 Å². The Morgan fingerprint density at radius 3 is 2.47 bits per heavy atom. The van der Waals surface area contributed by atoms with Crippen LogP contribution in [-0.2, 0) is 23.9 Å². The Hall–Kier alpha value is -3.84. The number of carbonyl (C=O) groups excluding carboxylic acids is 4. The molecule has 0 bridgehead atoms. The molecular formula is C29H28O7. The van der Waals surface area contributed by atoms with Crippen molar-refractivity contribution in [3.05, 3.63) is 54.1 Å². The molecule has 7 heteroatoms. The number of hydrogen-bond donors (Lipinski definition) is 0. The number of ether oxygens (including phenoxy) is 3. The minimum absolute atomic E-state index is 0.0160. The molecule has 0 radical (unpaired) electrons. The molecule has 4 aromatic rings. The van der Waals surface area contributed by atoms with Crippen molar-refractivity contribution in [3.63, 3.8) is 0 Å². The lowest BCUT2D eigenvalue weighted by Gasteiger charge is -2.15. The summed E-state index contributed by atoms with van der Waals surface area (Å²) >= 11 is 0. The number of aldehydes is 1. The second-order valence-electron chi connectivity index (χ2n) is 8.80. The monoisotopic (exact) mass is 488 g/mol. The number of esters is 2. The molecule has 0 aromatic heterocycles. The van der Waals surface area contributed by atoms with E-state index in [1.54, 1.807) is 19.1 Å². The predicted molar refractivity (Wildman–Crippen MR) is 137 cm³/mol. The van der Waals surface area contributed by atoms with Gasteiger partial charge in [0, 0.05) is 22.8 Å². The van der Waals surface area contributed by atoms with Gasteiger partial charge in [0.2, 0.25) is 0 Å². The van der Waals surface area contributed by atoms with Gasteiger partial charge >= 0.3 is 11.9 Å². The lowest BCUT2D eigenvalue weighted by molar-refractivity contribution is -0.149. The van der Waals surface area contributed by atoms with Crippen LogP contribution in [0.3, 0.4) is 0 Å². The Labute approximate surface area is 208 Å². The Kier molecular flexibility index (Phi) is 7.90. The minimum Gasteiger partial charge on any atom is -0.463 e. The van der Waals surface area contributed by atoms with Crippen molar-refractivity contribution in [1.82, 2.24) is 0 Å². The zero-order chi connectivity index (χ0) is 25.7. The third-order valence-electron chi connectivity index (χ3n) is 6.35. The fraction of sp³-hybridized carbons (Fsp3) is 0.310. The van der Waals surface area contributed by atoms with Crippen molar-refractivity contribution in [2.45, 2.75) is 33.1 Å². The largest absolute Gasteiger partial charge is 0.463 e. The number of benzene rings is 4. The van der Waals surface area contributed by atoms with Gasteiger partial charge in [0.05, 0.1) is 18.9 Å². The summed E-state index contributed by atoms with van der Waals surface area (Å²) in [5.41, 5.74) is 0.605. The Balaban J connectivity index is 1.37. The molecule has 1 unspecified atom stereocenters. The number of Topliss-reactive ketones (excluding diaryl/α,β-unsaturated/α-hetero) is 1. The first-order chi connectivity index (χ1) is 17.4. The van der Waals surface area contributed by atoms with Crippen LogP contribution in [0, 0.1) is 5.92 Å². The maximum Gasteiger partial charge on any atom is 0.311 e. The highest BCUT2D eigenvalue weighted by atomic mass is 16.6. The molecule has 0 saturated carbocycles. The van der Waals surface area contributed by atoms with Crippen molar-refractivity contribution < 1.29 is 33.4 Å². The fourth-order valence-corrected chi connectivity index (χ4v) is 4.19. The summed E-state index contributed by atoms with van der Waals surface area (Å²) in [6, 6.07) is 15.0. The first-order valence-electron chi connectivity index (χ1n) is 12.0. The summed E-state index contributed by atoms with van der Waals surface area (Å²) < 4.78 is 16.0. The zero-order valence-electron chi connectivity index (χ0n) is 20.4. The van der Waals surface area contributed by atoms with E-state index in [-0.39, 0.29) is 50.3 Å². The molecule has 0 aliphatic carbocycles. The van der Waals surface area contributed by atoms with Crippen LogP contribution in [0.5, 0.6) is 5.75 Å². The van der Waals surface area contributed by atoms with Gasteiger partial charge in [0.25, 0.3) is 0 Å². The predicted octanol–water partition coefficient (Wildman–Crippen LogP) is 5.26. The van der Waals surface area contributed by atoms with Crippen molar-refractivity contribution >= 4 is 56.3 Å². The van der Waals surface area contributed by atoms with Gasteiger partial charge in [-0.05, 0) is 34.0 Å². The summed E-state index contributed by atoms with van der Waals surface area (Å²) in [5.74, 6) is -0.799. The van der Waals surface area contributed by atoms with Crippen LogP contribution in [-0.4, -0.2) is 43.8 Å². The van der Waals surface area contributed by atoms with E-state index < -0.39 is 5.97 Å². The van der Waals surface area contributed by atoms with E-state index in [9.17, 15) is 19.2 Å². The minimum atomic E-state index is -0.519. The summed E-state index contributed by atoms with van der Waals surface area (Å²) in [5, 5.41) is 5.34. The van der Waals surface area contributed by atoms with Gasteiger partial charge in [-0.15, -0.1) is 0 Å². The molecule has 0 N–H and O–H groups in total. The summed E-state index contributed by atoms with van der Waals surface area (Å²) in [6.07, 6.45) is 1.44. The zero-order valence-corrected chi connectivity index (χ0v) is 20.4. The van der Waals surface area contributed by atoms with Crippen LogP contribution in [0.2, 0.25) is 0 Å². The van der Waals surface area contributed by atoms with Crippen LogP contribution in [0.25, 0.3) is 32.3 Å². The quantitative estimate of drug-likeness (QED) is 0.0883. The molecule has 0 aliphatic rings. The molecule has 36 heavy (non-hydrogen) atoms. The maximum atomic E-state index is 12.6. The second kappa shape index (κ2) is 11.3. The summed E-state index contributed by atoms with van der Waals surface area (Å²) in [7, 11) is 0. The molecule has 4 rings (SSSR count). The smallest absolute Gasteiger partial charge is 0.311 e. The van der Waals surface area contributed by atoms with Crippen LogP contribution >= 0.6 is 0 Å². The van der Waals surface area contributed by atoms with E-state index in [2.05, 4.69) is 0 Å². The molecule has 186 valence electrons. The number of ketones is 1. The van der Waals surface area contributed by atoms with E-state index >= 15 is 0 Å². The van der Waals surface area contributed by atoms with E-state index in [1.165, 1.54) is 0 Å². The van der Waals surface area contributed by atoms with Crippen molar-refractivity contribution in [3.8, 4) is 5.75 Å². The van der Waals surface area contributed by atoms with Crippen LogP contribution in [0.1, 0.15) is 43.5 Å². The fourth-order valence-electron chi connectivity index (χ4n) is 4.19. The van der Waals surface area contributed by atoms with Gasteiger partial charge in [-0.3, -0.25) is 19.2 Å². The molecule has 1 atom stereocenters. The number of hydrogen-bond acceptors (Lipinski definition) is 7. The normalized spacial score (nSPS) is 12.2. The van der Waals surface area contributed by atoms with Crippen LogP contribution in [0.4, 0.5) is 0 Å². The van der Waals surface area contributed by atoms with E-state index in [0.29, 0.717) is 17.7 Å².